The van der Waals surface area contributed by atoms with Gasteiger partial charge in [-0.15, -0.1) is 24.0 Å². The third-order valence-corrected chi connectivity index (χ3v) is 3.82. The van der Waals surface area contributed by atoms with Crippen LogP contribution in [0.4, 0.5) is 4.79 Å². The van der Waals surface area contributed by atoms with Crippen molar-refractivity contribution in [2.75, 3.05) is 40.3 Å². The summed E-state index contributed by atoms with van der Waals surface area (Å²) in [5.41, 5.74) is -0.463. The molecule has 2 unspecified atom stereocenters. The number of aliphatic imine (C=N–C) groups is 1. The highest BCUT2D eigenvalue weighted by Crippen LogP contribution is 2.20. The van der Waals surface area contributed by atoms with Gasteiger partial charge in [-0.3, -0.25) is 4.99 Å². The number of carbonyl (C=O) groups excluding carboxylic acids is 1. The molecule has 7 heteroatoms. The van der Waals surface area contributed by atoms with E-state index in [1.54, 1.807) is 11.9 Å². The van der Waals surface area contributed by atoms with Gasteiger partial charge < -0.3 is 19.9 Å². The molecule has 0 radical (unpaired) electrons. The average molecular weight is 454 g/mol. The average Bonchev–Trinajstić information content (AvgIpc) is 2.40. The van der Waals surface area contributed by atoms with Gasteiger partial charge >= 0.3 is 6.09 Å². The molecule has 1 N–H and O–H groups in total. The number of amides is 1. The van der Waals surface area contributed by atoms with E-state index < -0.39 is 5.60 Å². The number of carbonyl (C=O) groups is 1. The van der Waals surface area contributed by atoms with Crippen molar-refractivity contribution in [3.63, 3.8) is 0 Å². The van der Waals surface area contributed by atoms with Crippen LogP contribution in [-0.2, 0) is 4.74 Å². The van der Waals surface area contributed by atoms with E-state index in [9.17, 15) is 4.79 Å². The fourth-order valence-corrected chi connectivity index (χ4v) is 2.93. The summed E-state index contributed by atoms with van der Waals surface area (Å²) in [5, 5.41) is 3.36. The van der Waals surface area contributed by atoms with Gasteiger partial charge in [0.1, 0.15) is 5.60 Å². The van der Waals surface area contributed by atoms with Crippen LogP contribution in [0.3, 0.4) is 0 Å². The third-order valence-electron chi connectivity index (χ3n) is 3.82. The lowest BCUT2D eigenvalue weighted by molar-refractivity contribution is 0.0302. The maximum Gasteiger partial charge on any atom is 0.410 e. The summed E-state index contributed by atoms with van der Waals surface area (Å²) in [6.45, 7) is 13.5. The Labute approximate surface area is 164 Å². The SMILES string of the molecule is CN=C(NCCN(C)C(=O)OC(C)(C)C)N1CC(C)CC(C)C1.I. The van der Waals surface area contributed by atoms with Gasteiger partial charge in [0.15, 0.2) is 5.96 Å². The molecule has 1 saturated heterocycles. The molecule has 0 aromatic carbocycles. The van der Waals surface area contributed by atoms with Crippen LogP contribution in [0.25, 0.3) is 0 Å². The van der Waals surface area contributed by atoms with Gasteiger partial charge in [-0.1, -0.05) is 13.8 Å². The topological polar surface area (TPSA) is 57.2 Å². The van der Waals surface area contributed by atoms with Crippen LogP contribution in [-0.4, -0.2) is 67.7 Å². The van der Waals surface area contributed by atoms with E-state index in [-0.39, 0.29) is 30.1 Å². The minimum atomic E-state index is -0.463. The van der Waals surface area contributed by atoms with E-state index in [1.807, 2.05) is 27.8 Å². The van der Waals surface area contributed by atoms with Crippen molar-refractivity contribution in [1.29, 1.82) is 0 Å². The van der Waals surface area contributed by atoms with Gasteiger partial charge in [-0.05, 0) is 39.0 Å². The van der Waals surface area contributed by atoms with Gasteiger partial charge in [0.25, 0.3) is 0 Å². The van der Waals surface area contributed by atoms with Crippen molar-refractivity contribution in [3.8, 4) is 0 Å². The maximum absolute atomic E-state index is 11.9. The standard InChI is InChI=1S/C17H34N4O2.HI/c1-13-10-14(2)12-21(11-13)15(18-6)19-8-9-20(7)16(22)23-17(3,4)5;/h13-14H,8-12H2,1-7H3,(H,18,19);1H. The van der Waals surface area contributed by atoms with Crippen LogP contribution in [0.1, 0.15) is 41.0 Å². The second-order valence-electron chi connectivity index (χ2n) is 7.73. The van der Waals surface area contributed by atoms with Crippen molar-refractivity contribution < 1.29 is 9.53 Å². The predicted octanol–water partition coefficient (Wildman–Crippen LogP) is 3.02. The second kappa shape index (κ2) is 10.3. The number of piperidine rings is 1. The van der Waals surface area contributed by atoms with Gasteiger partial charge in [0, 0.05) is 40.3 Å². The number of likely N-dealkylation sites (tertiary alicyclic amines) is 1. The number of guanidine groups is 1. The van der Waals surface area contributed by atoms with Gasteiger partial charge in [-0.2, -0.15) is 0 Å². The Kier molecular flexibility index (Phi) is 9.99. The smallest absolute Gasteiger partial charge is 0.410 e. The summed E-state index contributed by atoms with van der Waals surface area (Å²) < 4.78 is 5.35. The molecule has 0 bridgehead atoms. The molecule has 1 aliphatic heterocycles. The molecule has 0 aromatic heterocycles. The first-order chi connectivity index (χ1) is 10.6. The van der Waals surface area contributed by atoms with Crippen molar-refractivity contribution in [2.24, 2.45) is 16.8 Å². The lowest BCUT2D eigenvalue weighted by Crippen LogP contribution is -2.50. The number of nitrogens with zero attached hydrogens (tertiary/aromatic N) is 3. The Balaban J connectivity index is 0.00000529. The number of halogens is 1. The lowest BCUT2D eigenvalue weighted by Gasteiger charge is -2.37. The van der Waals surface area contributed by atoms with E-state index in [1.165, 1.54) is 6.42 Å². The van der Waals surface area contributed by atoms with E-state index in [2.05, 4.69) is 29.1 Å². The highest BCUT2D eigenvalue weighted by molar-refractivity contribution is 14.0. The summed E-state index contributed by atoms with van der Waals surface area (Å²) in [6, 6.07) is 0. The fourth-order valence-electron chi connectivity index (χ4n) is 2.93. The molecule has 6 nitrogen and oxygen atoms in total. The first kappa shape index (κ1) is 23.3. The molecule has 0 aliphatic carbocycles. The van der Waals surface area contributed by atoms with Gasteiger partial charge in [-0.25, -0.2) is 4.79 Å². The molecule has 1 fully saturated rings. The summed E-state index contributed by atoms with van der Waals surface area (Å²) >= 11 is 0. The Hall–Kier alpha value is -0.730. The molecule has 2 atom stereocenters. The monoisotopic (exact) mass is 454 g/mol. The van der Waals surface area contributed by atoms with Crippen molar-refractivity contribution in [3.05, 3.63) is 0 Å². The Bertz CT molecular complexity index is 413. The molecule has 0 aromatic rings. The second-order valence-corrected chi connectivity index (χ2v) is 7.73. The number of hydrogen-bond donors (Lipinski definition) is 1. The van der Waals surface area contributed by atoms with Crippen LogP contribution in [0.2, 0.25) is 0 Å². The number of ether oxygens (including phenoxy) is 1. The van der Waals surface area contributed by atoms with E-state index in [0.717, 1.165) is 19.0 Å². The predicted molar refractivity (Wildman–Crippen MR) is 110 cm³/mol. The zero-order valence-electron chi connectivity index (χ0n) is 16.3. The van der Waals surface area contributed by atoms with Crippen LogP contribution in [0, 0.1) is 11.8 Å². The van der Waals surface area contributed by atoms with Gasteiger partial charge in [0.2, 0.25) is 0 Å². The largest absolute Gasteiger partial charge is 0.444 e. The molecule has 24 heavy (non-hydrogen) atoms. The van der Waals surface area contributed by atoms with Crippen LogP contribution < -0.4 is 5.32 Å². The van der Waals surface area contributed by atoms with Crippen molar-refractivity contribution in [2.45, 2.75) is 46.6 Å². The first-order valence-corrected chi connectivity index (χ1v) is 8.52. The summed E-state index contributed by atoms with van der Waals surface area (Å²) in [6.07, 6.45) is 0.976. The van der Waals surface area contributed by atoms with Crippen LogP contribution >= 0.6 is 24.0 Å². The molecule has 0 saturated carbocycles. The molecule has 1 aliphatic rings. The number of rotatable bonds is 3. The molecule has 1 rings (SSSR count). The van der Waals surface area contributed by atoms with E-state index >= 15 is 0 Å². The molecule has 1 heterocycles. The normalized spacial score (nSPS) is 21.8. The first-order valence-electron chi connectivity index (χ1n) is 8.52. The minimum absolute atomic E-state index is 0. The summed E-state index contributed by atoms with van der Waals surface area (Å²) in [4.78, 5) is 20.2. The van der Waals surface area contributed by atoms with Gasteiger partial charge in [0.05, 0.1) is 0 Å². The Morgan fingerprint density at radius 1 is 1.29 bits per heavy atom. The zero-order chi connectivity index (χ0) is 17.6. The number of nitrogens with one attached hydrogen (secondary N) is 1. The number of likely N-dealkylation sites (N-methyl/N-ethyl adjacent to an activating group) is 1. The highest BCUT2D eigenvalue weighted by Gasteiger charge is 2.24. The van der Waals surface area contributed by atoms with Crippen molar-refractivity contribution in [1.82, 2.24) is 15.1 Å². The maximum atomic E-state index is 11.9. The highest BCUT2D eigenvalue weighted by atomic mass is 127. The Morgan fingerprint density at radius 2 is 1.83 bits per heavy atom. The number of hydrogen-bond acceptors (Lipinski definition) is 3. The fraction of sp³-hybridized carbons (Fsp3) is 0.882. The van der Waals surface area contributed by atoms with Crippen molar-refractivity contribution >= 4 is 36.0 Å². The Morgan fingerprint density at radius 3 is 2.29 bits per heavy atom. The molecule has 142 valence electrons. The molecular formula is C17H35IN4O2. The summed E-state index contributed by atoms with van der Waals surface area (Å²) in [7, 11) is 3.56. The minimum Gasteiger partial charge on any atom is -0.444 e. The van der Waals surface area contributed by atoms with Crippen LogP contribution in [0.5, 0.6) is 0 Å². The van der Waals surface area contributed by atoms with Crippen LogP contribution in [0.15, 0.2) is 4.99 Å². The van der Waals surface area contributed by atoms with E-state index in [0.29, 0.717) is 24.9 Å². The molecule has 1 amide bonds. The quantitative estimate of drug-likeness (QED) is 0.405. The molecular weight excluding hydrogens is 419 g/mol. The third kappa shape index (κ3) is 8.39. The zero-order valence-corrected chi connectivity index (χ0v) is 18.6. The van der Waals surface area contributed by atoms with E-state index in [4.69, 9.17) is 4.74 Å². The lowest BCUT2D eigenvalue weighted by atomic mass is 9.92. The molecule has 0 spiro atoms. The summed E-state index contributed by atoms with van der Waals surface area (Å²) in [5.74, 6) is 2.28.